The summed E-state index contributed by atoms with van der Waals surface area (Å²) in [5.41, 5.74) is 0.935. The molecule has 4 rings (SSSR count). The molecule has 0 aliphatic carbocycles. The third kappa shape index (κ3) is 5.33. The number of thiazole rings is 1. The van der Waals surface area contributed by atoms with Gasteiger partial charge in [0.05, 0.1) is 26.6 Å². The van der Waals surface area contributed by atoms with Gasteiger partial charge >= 0.3 is 0 Å². The van der Waals surface area contributed by atoms with Crippen molar-refractivity contribution in [2.24, 2.45) is 10.1 Å². The molecule has 35 heavy (non-hydrogen) atoms. The molecule has 1 heterocycles. The van der Waals surface area contributed by atoms with E-state index in [9.17, 15) is 21.6 Å². The molecule has 0 saturated carbocycles. The summed E-state index contributed by atoms with van der Waals surface area (Å²) < 4.78 is 53.2. The molecule has 0 bridgehead atoms. The summed E-state index contributed by atoms with van der Waals surface area (Å²) >= 11 is 1.08. The lowest BCUT2D eigenvalue weighted by Gasteiger charge is -2.08. The second-order valence-electron chi connectivity index (χ2n) is 7.27. The zero-order valence-electron chi connectivity index (χ0n) is 18.0. The summed E-state index contributed by atoms with van der Waals surface area (Å²) in [6.07, 6.45) is 5.47. The molecule has 178 valence electrons. The fourth-order valence-corrected chi connectivity index (χ4v) is 5.99. The predicted octanol–water partition coefficient (Wildman–Crippen LogP) is 2.53. The molecule has 0 aliphatic rings. The van der Waals surface area contributed by atoms with Crippen LogP contribution in [0.25, 0.3) is 10.2 Å². The normalized spacial score (nSPS) is 12.4. The van der Waals surface area contributed by atoms with Crippen molar-refractivity contribution in [1.82, 2.24) is 4.57 Å². The van der Waals surface area contributed by atoms with Crippen molar-refractivity contribution < 1.29 is 21.6 Å². The van der Waals surface area contributed by atoms with E-state index in [1.807, 2.05) is 0 Å². The number of terminal acetylenes is 1. The summed E-state index contributed by atoms with van der Waals surface area (Å²) in [6, 6.07) is 18.1. The first-order valence-electron chi connectivity index (χ1n) is 9.95. The van der Waals surface area contributed by atoms with Crippen molar-refractivity contribution >= 4 is 53.2 Å². The number of hydrogen-bond donors (Lipinski definition) is 2. The van der Waals surface area contributed by atoms with Gasteiger partial charge in [0.1, 0.15) is 0 Å². The summed E-state index contributed by atoms with van der Waals surface area (Å²) in [7, 11) is -7.75. The quantitative estimate of drug-likeness (QED) is 0.372. The van der Waals surface area contributed by atoms with E-state index < -0.39 is 26.0 Å². The van der Waals surface area contributed by atoms with E-state index in [1.54, 1.807) is 28.8 Å². The van der Waals surface area contributed by atoms with Crippen molar-refractivity contribution in [1.29, 1.82) is 0 Å². The smallest absolute Gasteiger partial charge is 0.279 e. The van der Waals surface area contributed by atoms with Crippen LogP contribution in [-0.2, 0) is 26.6 Å². The number of anilines is 1. The van der Waals surface area contributed by atoms with Crippen molar-refractivity contribution in [3.05, 3.63) is 83.2 Å². The molecule has 0 radical (unpaired) electrons. The highest BCUT2D eigenvalue weighted by Crippen LogP contribution is 2.22. The maximum absolute atomic E-state index is 12.9. The SMILES string of the molecule is C#CCn1c(=NC(=O)c2cccc(NS(=O)(=O)c3ccccc3)c2)sc2cc(S(N)(=O)=O)ccc21. The first-order chi connectivity index (χ1) is 16.6. The molecular weight excluding hydrogens is 508 g/mol. The molecule has 1 amide bonds. The second kappa shape index (κ2) is 9.47. The van der Waals surface area contributed by atoms with Gasteiger partial charge in [0.2, 0.25) is 10.0 Å². The Bertz CT molecular complexity index is 1770. The highest BCUT2D eigenvalue weighted by Gasteiger charge is 2.16. The third-order valence-electron chi connectivity index (χ3n) is 4.84. The Labute approximate surface area is 205 Å². The fraction of sp³-hybridized carbons (Fsp3) is 0.0435. The van der Waals surface area contributed by atoms with Gasteiger partial charge in [-0.3, -0.25) is 9.52 Å². The van der Waals surface area contributed by atoms with Crippen LogP contribution in [0.15, 0.2) is 87.6 Å². The van der Waals surface area contributed by atoms with Crippen LogP contribution in [0.4, 0.5) is 5.69 Å². The summed E-state index contributed by atoms with van der Waals surface area (Å²) in [6.45, 7) is 0.0950. The van der Waals surface area contributed by atoms with Crippen LogP contribution >= 0.6 is 11.3 Å². The number of nitrogens with zero attached hydrogens (tertiary/aromatic N) is 2. The Balaban J connectivity index is 1.72. The highest BCUT2D eigenvalue weighted by atomic mass is 32.2. The molecule has 12 heteroatoms. The Hall–Kier alpha value is -3.76. The largest absolute Gasteiger partial charge is 0.305 e. The number of fused-ring (bicyclic) bond motifs is 1. The molecule has 4 aromatic rings. The molecule has 0 fully saturated rings. The first kappa shape index (κ1) is 24.4. The van der Waals surface area contributed by atoms with Gasteiger partial charge in [0, 0.05) is 11.3 Å². The third-order valence-corrected chi connectivity index (χ3v) is 8.19. The minimum absolute atomic E-state index is 0.0737. The number of amides is 1. The van der Waals surface area contributed by atoms with Gasteiger partial charge in [-0.2, -0.15) is 4.99 Å². The number of aromatic nitrogens is 1. The molecule has 9 nitrogen and oxygen atoms in total. The molecule has 0 spiro atoms. The van der Waals surface area contributed by atoms with Gasteiger partial charge in [0.25, 0.3) is 15.9 Å². The number of carbonyl (C=O) groups excluding carboxylic acids is 1. The number of nitrogens with one attached hydrogen (secondary N) is 1. The van der Waals surface area contributed by atoms with Crippen LogP contribution in [0.5, 0.6) is 0 Å². The maximum atomic E-state index is 12.9. The van der Waals surface area contributed by atoms with E-state index >= 15 is 0 Å². The Morgan fingerprint density at radius 1 is 1.00 bits per heavy atom. The van der Waals surface area contributed by atoms with Gasteiger partial charge in [0.15, 0.2) is 4.80 Å². The van der Waals surface area contributed by atoms with Crippen molar-refractivity contribution in [2.45, 2.75) is 16.3 Å². The van der Waals surface area contributed by atoms with E-state index in [0.717, 1.165) is 11.3 Å². The average molecular weight is 527 g/mol. The second-order valence-corrected chi connectivity index (χ2v) is 11.5. The number of carbonyl (C=O) groups is 1. The van der Waals surface area contributed by atoms with E-state index in [-0.39, 0.29) is 32.4 Å². The Morgan fingerprint density at radius 3 is 2.43 bits per heavy atom. The summed E-state index contributed by atoms with van der Waals surface area (Å²) in [4.78, 5) is 17.4. The number of hydrogen-bond acceptors (Lipinski definition) is 6. The molecule has 0 aliphatic heterocycles. The Morgan fingerprint density at radius 2 is 1.74 bits per heavy atom. The van der Waals surface area contributed by atoms with E-state index in [4.69, 9.17) is 11.6 Å². The lowest BCUT2D eigenvalue weighted by molar-refractivity contribution is 0.0998. The summed E-state index contributed by atoms with van der Waals surface area (Å²) in [5.74, 6) is 1.86. The lowest BCUT2D eigenvalue weighted by atomic mass is 10.2. The van der Waals surface area contributed by atoms with Gasteiger partial charge in [-0.25, -0.2) is 22.0 Å². The number of primary sulfonamides is 1. The van der Waals surface area contributed by atoms with Gasteiger partial charge < -0.3 is 4.57 Å². The highest BCUT2D eigenvalue weighted by molar-refractivity contribution is 7.92. The molecule has 0 unspecified atom stereocenters. The van der Waals surface area contributed by atoms with Crippen LogP contribution < -0.4 is 14.7 Å². The Kier molecular flexibility index (Phi) is 6.60. The van der Waals surface area contributed by atoms with Crippen molar-refractivity contribution in [3.63, 3.8) is 0 Å². The van der Waals surface area contributed by atoms with Crippen LogP contribution in [0, 0.1) is 12.3 Å². The molecule has 0 saturated heterocycles. The minimum Gasteiger partial charge on any atom is -0.305 e. The molecule has 0 atom stereocenters. The fourth-order valence-electron chi connectivity index (χ4n) is 3.24. The number of benzene rings is 3. The first-order valence-corrected chi connectivity index (χ1v) is 13.8. The van der Waals surface area contributed by atoms with E-state index in [2.05, 4.69) is 15.6 Å². The zero-order chi connectivity index (χ0) is 25.2. The van der Waals surface area contributed by atoms with Crippen LogP contribution in [0.3, 0.4) is 0 Å². The van der Waals surface area contributed by atoms with Gasteiger partial charge in [-0.15, -0.1) is 6.42 Å². The molecule has 1 aromatic heterocycles. The molecule has 3 N–H and O–H groups in total. The van der Waals surface area contributed by atoms with E-state index in [0.29, 0.717) is 10.2 Å². The van der Waals surface area contributed by atoms with Crippen LogP contribution in [0.2, 0.25) is 0 Å². The summed E-state index contributed by atoms with van der Waals surface area (Å²) in [5, 5.41) is 5.21. The molecule has 3 aromatic carbocycles. The number of nitrogens with two attached hydrogens (primary N) is 1. The average Bonchev–Trinajstić information content (AvgIpc) is 3.15. The topological polar surface area (TPSA) is 141 Å². The minimum atomic E-state index is -3.91. The monoisotopic (exact) mass is 526 g/mol. The van der Waals surface area contributed by atoms with Crippen molar-refractivity contribution in [3.8, 4) is 12.3 Å². The van der Waals surface area contributed by atoms with Gasteiger partial charge in [-0.05, 0) is 48.5 Å². The maximum Gasteiger partial charge on any atom is 0.279 e. The number of sulfonamides is 2. The standard InChI is InChI=1S/C23H18N4O5S3/c1-2-13-27-20-12-11-19(34(24,29)30)15-21(20)33-23(27)25-22(28)16-7-6-8-17(14-16)26-35(31,32)18-9-4-3-5-10-18/h1,3-12,14-15,26H,13H2,(H2,24,29,30). The number of rotatable bonds is 6. The van der Waals surface area contributed by atoms with Crippen LogP contribution in [0.1, 0.15) is 10.4 Å². The van der Waals surface area contributed by atoms with E-state index in [1.165, 1.54) is 48.5 Å². The van der Waals surface area contributed by atoms with Crippen LogP contribution in [-0.4, -0.2) is 27.3 Å². The van der Waals surface area contributed by atoms with Crippen molar-refractivity contribution in [2.75, 3.05) is 4.72 Å². The predicted molar refractivity (Wildman–Crippen MR) is 134 cm³/mol. The lowest BCUT2D eigenvalue weighted by Crippen LogP contribution is -2.17. The molecular formula is C23H18N4O5S3. The van der Waals surface area contributed by atoms with Gasteiger partial charge in [-0.1, -0.05) is 41.5 Å². The zero-order valence-corrected chi connectivity index (χ0v) is 20.4.